The Labute approximate surface area is 283 Å². The lowest BCUT2D eigenvalue weighted by Crippen LogP contribution is -2.55. The van der Waals surface area contributed by atoms with Gasteiger partial charge in [0, 0.05) is 94.7 Å². The highest BCUT2D eigenvalue weighted by Crippen LogP contribution is 2.36. The fourth-order valence-electron chi connectivity index (χ4n) is 6.40. The minimum atomic E-state index is -4.43. The van der Waals surface area contributed by atoms with Gasteiger partial charge < -0.3 is 20.5 Å². The highest BCUT2D eigenvalue weighted by Gasteiger charge is 2.31. The van der Waals surface area contributed by atoms with Crippen LogP contribution in [0.25, 0.3) is 22.0 Å². The SMILES string of the molecule is O=C(NCCCn1cc(-c2cccc(C(F)(F)F)c2)c2cc(CN3CCN(Cc4ccc(Cl)c(Cl)c4)CC3)ccc21)C1CNCCN1. The summed E-state index contributed by atoms with van der Waals surface area (Å²) in [6.45, 7) is 8.52. The van der Waals surface area contributed by atoms with Gasteiger partial charge in [-0.2, -0.15) is 13.2 Å². The second-order valence-electron chi connectivity index (χ2n) is 12.3. The van der Waals surface area contributed by atoms with Crippen LogP contribution in [0, 0.1) is 0 Å². The average Bonchev–Trinajstić information content (AvgIpc) is 3.43. The Balaban J connectivity index is 1.15. The lowest BCUT2D eigenvalue weighted by Gasteiger charge is -2.34. The maximum Gasteiger partial charge on any atom is 0.416 e. The molecule has 2 aliphatic heterocycles. The summed E-state index contributed by atoms with van der Waals surface area (Å²) in [4.78, 5) is 17.3. The topological polar surface area (TPSA) is 64.6 Å². The monoisotopic (exact) mass is 686 g/mol. The first kappa shape index (κ1) is 33.8. The van der Waals surface area contributed by atoms with Crippen LogP contribution in [0.2, 0.25) is 10.0 Å². The van der Waals surface area contributed by atoms with Gasteiger partial charge in [0.15, 0.2) is 0 Å². The second kappa shape index (κ2) is 15.0. The molecule has 0 spiro atoms. The lowest BCUT2D eigenvalue weighted by atomic mass is 10.0. The van der Waals surface area contributed by atoms with Crippen LogP contribution in [0.3, 0.4) is 0 Å². The van der Waals surface area contributed by atoms with Gasteiger partial charge in [-0.25, -0.2) is 0 Å². The highest BCUT2D eigenvalue weighted by atomic mass is 35.5. The van der Waals surface area contributed by atoms with Gasteiger partial charge in [0.1, 0.15) is 0 Å². The number of carbonyl (C=O) groups excluding carboxylic acids is 1. The number of carbonyl (C=O) groups is 1. The van der Waals surface area contributed by atoms with Crippen molar-refractivity contribution in [2.75, 3.05) is 52.4 Å². The Morgan fingerprint density at radius 3 is 2.30 bits per heavy atom. The summed E-state index contributed by atoms with van der Waals surface area (Å²) in [5.41, 5.74) is 3.83. The largest absolute Gasteiger partial charge is 0.416 e. The van der Waals surface area contributed by atoms with Crippen molar-refractivity contribution in [3.05, 3.63) is 93.6 Å². The van der Waals surface area contributed by atoms with Gasteiger partial charge in [0.2, 0.25) is 5.91 Å². The predicted octanol–water partition coefficient (Wildman–Crippen LogP) is 6.02. The molecule has 3 N–H and O–H groups in total. The van der Waals surface area contributed by atoms with Crippen molar-refractivity contribution in [1.82, 2.24) is 30.3 Å². The van der Waals surface area contributed by atoms with Gasteiger partial charge in [0.25, 0.3) is 0 Å². The molecule has 250 valence electrons. The van der Waals surface area contributed by atoms with Crippen LogP contribution in [-0.4, -0.2) is 78.7 Å². The number of hydrogen-bond acceptors (Lipinski definition) is 5. The molecule has 2 saturated heterocycles. The molecule has 2 fully saturated rings. The minimum absolute atomic E-state index is 0.0286. The zero-order chi connectivity index (χ0) is 33.0. The van der Waals surface area contributed by atoms with E-state index in [1.54, 1.807) is 6.07 Å². The summed E-state index contributed by atoms with van der Waals surface area (Å²) in [5.74, 6) is -0.0286. The van der Waals surface area contributed by atoms with Crippen molar-refractivity contribution in [3.63, 3.8) is 0 Å². The molecule has 0 aliphatic carbocycles. The number of halogens is 5. The van der Waals surface area contributed by atoms with Crippen LogP contribution in [0.15, 0.2) is 66.9 Å². The molecule has 6 rings (SSSR count). The number of benzene rings is 3. The highest BCUT2D eigenvalue weighted by molar-refractivity contribution is 6.42. The smallest absolute Gasteiger partial charge is 0.355 e. The Morgan fingerprint density at radius 1 is 0.894 bits per heavy atom. The maximum atomic E-state index is 13.6. The van der Waals surface area contributed by atoms with Crippen molar-refractivity contribution in [1.29, 1.82) is 0 Å². The fraction of sp³-hybridized carbons (Fsp3) is 0.400. The Kier molecular flexibility index (Phi) is 10.8. The van der Waals surface area contributed by atoms with Crippen LogP contribution in [-0.2, 0) is 30.6 Å². The summed E-state index contributed by atoms with van der Waals surface area (Å²) in [7, 11) is 0. The quantitative estimate of drug-likeness (QED) is 0.178. The van der Waals surface area contributed by atoms with Gasteiger partial charge in [-0.05, 0) is 59.5 Å². The Hall–Kier alpha value is -3.12. The van der Waals surface area contributed by atoms with Crippen molar-refractivity contribution in [2.45, 2.75) is 38.3 Å². The van der Waals surface area contributed by atoms with E-state index in [4.69, 9.17) is 23.2 Å². The molecule has 7 nitrogen and oxygen atoms in total. The molecule has 0 bridgehead atoms. The molecule has 1 atom stereocenters. The van der Waals surface area contributed by atoms with E-state index in [-0.39, 0.29) is 11.9 Å². The van der Waals surface area contributed by atoms with E-state index >= 15 is 0 Å². The van der Waals surface area contributed by atoms with Gasteiger partial charge in [0.05, 0.1) is 21.7 Å². The van der Waals surface area contributed by atoms with E-state index in [2.05, 4.69) is 48.5 Å². The average molecular weight is 688 g/mol. The third-order valence-electron chi connectivity index (χ3n) is 8.94. The molecule has 1 aromatic heterocycles. The number of hydrogen-bond donors (Lipinski definition) is 3. The Bertz CT molecular complexity index is 1700. The summed E-state index contributed by atoms with van der Waals surface area (Å²) < 4.78 is 43.0. The van der Waals surface area contributed by atoms with Crippen LogP contribution in [0.4, 0.5) is 13.2 Å². The van der Waals surface area contributed by atoms with Gasteiger partial charge in [-0.15, -0.1) is 0 Å². The van der Waals surface area contributed by atoms with Crippen LogP contribution in [0.5, 0.6) is 0 Å². The predicted molar refractivity (Wildman–Crippen MR) is 182 cm³/mol. The molecule has 0 saturated carbocycles. The van der Waals surface area contributed by atoms with Crippen LogP contribution < -0.4 is 16.0 Å². The molecule has 12 heteroatoms. The summed E-state index contributed by atoms with van der Waals surface area (Å²) >= 11 is 12.3. The van der Waals surface area contributed by atoms with Crippen molar-refractivity contribution in [2.24, 2.45) is 0 Å². The first-order chi connectivity index (χ1) is 22.6. The first-order valence-electron chi connectivity index (χ1n) is 16.0. The lowest BCUT2D eigenvalue weighted by molar-refractivity contribution is -0.137. The number of amides is 1. The zero-order valence-corrected chi connectivity index (χ0v) is 27.6. The third kappa shape index (κ3) is 8.49. The maximum absolute atomic E-state index is 13.6. The normalized spacial score (nSPS) is 18.1. The molecular weight excluding hydrogens is 648 g/mol. The van der Waals surface area contributed by atoms with Crippen LogP contribution >= 0.6 is 23.2 Å². The number of alkyl halides is 3. The standard InChI is InChI=1S/C35H39Cl2F3N6O/c36-30-7-5-25(18-31(30)37)22-45-15-13-44(14-16-45)21-24-6-8-33-28(17-24)29(26-3-1-4-27(19-26)35(38,39)40)23-46(33)12-2-9-43-34(47)32-20-41-10-11-42-32/h1,3-8,17-19,23,32,41-42H,2,9-16,20-22H2,(H,43,47). The minimum Gasteiger partial charge on any atom is -0.355 e. The van der Waals surface area contributed by atoms with E-state index in [0.29, 0.717) is 41.7 Å². The van der Waals surface area contributed by atoms with Gasteiger partial charge >= 0.3 is 6.18 Å². The first-order valence-corrected chi connectivity index (χ1v) is 16.8. The number of aryl methyl sites for hydroxylation is 1. The molecular formula is C35H39Cl2F3N6O. The Morgan fingerprint density at radius 2 is 1.62 bits per heavy atom. The molecule has 1 unspecified atom stereocenters. The molecule has 1 amide bonds. The molecule has 4 aromatic rings. The van der Waals surface area contributed by atoms with E-state index in [9.17, 15) is 18.0 Å². The number of nitrogens with one attached hydrogen (secondary N) is 3. The summed E-state index contributed by atoms with van der Waals surface area (Å²) in [6.07, 6.45) is -1.80. The van der Waals surface area contributed by atoms with Gasteiger partial charge in [-0.1, -0.05) is 47.5 Å². The molecule has 3 aromatic carbocycles. The third-order valence-corrected chi connectivity index (χ3v) is 9.68. The fourth-order valence-corrected chi connectivity index (χ4v) is 6.72. The molecule has 2 aliphatic rings. The number of rotatable bonds is 10. The van der Waals surface area contributed by atoms with Gasteiger partial charge in [-0.3, -0.25) is 14.6 Å². The molecule has 47 heavy (non-hydrogen) atoms. The van der Waals surface area contributed by atoms with Crippen molar-refractivity contribution in [3.8, 4) is 11.1 Å². The number of nitrogens with zero attached hydrogens (tertiary/aromatic N) is 3. The number of fused-ring (bicyclic) bond motifs is 1. The zero-order valence-electron chi connectivity index (χ0n) is 26.1. The van der Waals surface area contributed by atoms with Crippen molar-refractivity contribution >= 4 is 40.0 Å². The van der Waals surface area contributed by atoms with E-state index < -0.39 is 11.7 Å². The number of piperazine rings is 2. The summed E-state index contributed by atoms with van der Waals surface area (Å²) in [6, 6.07) is 17.3. The van der Waals surface area contributed by atoms with Crippen LogP contribution in [0.1, 0.15) is 23.1 Å². The number of aromatic nitrogens is 1. The molecule has 3 heterocycles. The van der Waals surface area contributed by atoms with E-state index in [1.165, 1.54) is 12.1 Å². The van der Waals surface area contributed by atoms with E-state index in [1.807, 2.05) is 24.4 Å². The molecule has 0 radical (unpaired) electrons. The van der Waals surface area contributed by atoms with Crippen molar-refractivity contribution < 1.29 is 18.0 Å². The summed E-state index contributed by atoms with van der Waals surface area (Å²) in [5, 5.41) is 11.5. The second-order valence-corrected chi connectivity index (χ2v) is 13.1. The van der Waals surface area contributed by atoms with E-state index in [0.717, 1.165) is 86.0 Å².